The van der Waals surface area contributed by atoms with E-state index in [0.717, 1.165) is 32.9 Å². The molecule has 0 spiro atoms. The van der Waals surface area contributed by atoms with Crippen LogP contribution in [0.4, 0.5) is 4.79 Å². The summed E-state index contributed by atoms with van der Waals surface area (Å²) in [7, 11) is 1.28. The summed E-state index contributed by atoms with van der Waals surface area (Å²) in [6, 6.07) is 13.5. The molecule has 0 radical (unpaired) electrons. The second kappa shape index (κ2) is 10.8. The van der Waals surface area contributed by atoms with Crippen molar-refractivity contribution >= 4 is 39.8 Å². The van der Waals surface area contributed by atoms with E-state index in [9.17, 15) is 14.4 Å². The first-order chi connectivity index (χ1) is 17.6. The summed E-state index contributed by atoms with van der Waals surface area (Å²) in [5.41, 5.74) is 2.81. The number of carbonyl (C=O) groups is 3. The number of H-pyrrole nitrogens is 2. The Morgan fingerprint density at radius 1 is 0.811 bits per heavy atom. The highest BCUT2D eigenvalue weighted by Crippen LogP contribution is 2.21. The number of benzene rings is 2. The van der Waals surface area contributed by atoms with Crippen molar-refractivity contribution in [3.05, 3.63) is 72.1 Å². The minimum Gasteiger partial charge on any atom is -0.467 e. The summed E-state index contributed by atoms with van der Waals surface area (Å²) >= 11 is 0. The van der Waals surface area contributed by atoms with Crippen LogP contribution in [0.25, 0.3) is 21.8 Å². The van der Waals surface area contributed by atoms with Crippen LogP contribution in [0.2, 0.25) is 0 Å². The van der Waals surface area contributed by atoms with E-state index in [4.69, 9.17) is 9.47 Å². The van der Waals surface area contributed by atoms with E-state index in [-0.39, 0.29) is 12.8 Å². The second-order valence-electron chi connectivity index (χ2n) is 9.91. The molecule has 0 unspecified atom stereocenters. The molecule has 0 bridgehead atoms. The van der Waals surface area contributed by atoms with E-state index in [1.165, 1.54) is 7.11 Å². The molecule has 9 nitrogen and oxygen atoms in total. The van der Waals surface area contributed by atoms with Crippen LogP contribution >= 0.6 is 0 Å². The van der Waals surface area contributed by atoms with Gasteiger partial charge in [0.2, 0.25) is 5.91 Å². The number of aromatic amines is 2. The summed E-state index contributed by atoms with van der Waals surface area (Å²) in [4.78, 5) is 45.2. The van der Waals surface area contributed by atoms with Crippen LogP contribution in [0.1, 0.15) is 31.9 Å². The molecule has 2 amide bonds. The number of ether oxygens (including phenoxy) is 2. The first-order valence-corrected chi connectivity index (χ1v) is 12.1. The first-order valence-electron chi connectivity index (χ1n) is 12.1. The summed E-state index contributed by atoms with van der Waals surface area (Å²) in [5, 5.41) is 7.36. The molecule has 0 saturated heterocycles. The van der Waals surface area contributed by atoms with Gasteiger partial charge in [-0.3, -0.25) is 4.79 Å². The number of rotatable bonds is 8. The highest BCUT2D eigenvalue weighted by atomic mass is 16.6. The number of hydrogen-bond acceptors (Lipinski definition) is 5. The van der Waals surface area contributed by atoms with Crippen molar-refractivity contribution in [2.45, 2.75) is 51.3 Å². The van der Waals surface area contributed by atoms with Crippen molar-refractivity contribution in [1.29, 1.82) is 0 Å². The second-order valence-corrected chi connectivity index (χ2v) is 9.91. The molecular formula is C28H32N4O5. The predicted octanol–water partition coefficient (Wildman–Crippen LogP) is 3.99. The van der Waals surface area contributed by atoms with Gasteiger partial charge in [-0.2, -0.15) is 0 Å². The van der Waals surface area contributed by atoms with Gasteiger partial charge in [0.25, 0.3) is 0 Å². The lowest BCUT2D eigenvalue weighted by molar-refractivity contribution is -0.145. The molecule has 0 saturated carbocycles. The van der Waals surface area contributed by atoms with Crippen LogP contribution < -0.4 is 10.6 Å². The van der Waals surface area contributed by atoms with Crippen molar-refractivity contribution < 1.29 is 23.9 Å². The molecular weight excluding hydrogens is 472 g/mol. The Morgan fingerprint density at radius 2 is 1.32 bits per heavy atom. The summed E-state index contributed by atoms with van der Waals surface area (Å²) in [5.74, 6) is -1.10. The number of para-hydroxylation sites is 2. The molecule has 0 aliphatic heterocycles. The number of methoxy groups -OCH3 is 1. The normalized spacial score (nSPS) is 13.2. The number of alkyl carbamates (subject to hydrolysis) is 1. The average molecular weight is 505 g/mol. The molecule has 2 heterocycles. The maximum absolute atomic E-state index is 13.5. The van der Waals surface area contributed by atoms with Crippen molar-refractivity contribution in [3.63, 3.8) is 0 Å². The number of fused-ring (bicyclic) bond motifs is 2. The Hall–Kier alpha value is -4.27. The van der Waals surface area contributed by atoms with Crippen LogP contribution in [-0.2, 0) is 31.9 Å². The number of hydrogen-bond donors (Lipinski definition) is 4. The largest absolute Gasteiger partial charge is 0.467 e. The van der Waals surface area contributed by atoms with Gasteiger partial charge in [-0.1, -0.05) is 36.4 Å². The van der Waals surface area contributed by atoms with Gasteiger partial charge in [-0.15, -0.1) is 0 Å². The van der Waals surface area contributed by atoms with Gasteiger partial charge >= 0.3 is 12.1 Å². The van der Waals surface area contributed by atoms with Crippen LogP contribution in [-0.4, -0.2) is 52.7 Å². The highest BCUT2D eigenvalue weighted by Gasteiger charge is 2.30. The third-order valence-corrected chi connectivity index (χ3v) is 6.01. The zero-order chi connectivity index (χ0) is 26.6. The van der Waals surface area contributed by atoms with E-state index in [0.29, 0.717) is 0 Å². The van der Waals surface area contributed by atoms with E-state index in [2.05, 4.69) is 20.6 Å². The Morgan fingerprint density at radius 3 is 1.84 bits per heavy atom. The topological polar surface area (TPSA) is 125 Å². The number of amides is 2. The van der Waals surface area contributed by atoms with E-state index in [1.807, 2.05) is 60.9 Å². The maximum Gasteiger partial charge on any atom is 0.408 e. The number of carbonyl (C=O) groups excluding carboxylic acids is 3. The lowest BCUT2D eigenvalue weighted by Crippen LogP contribution is -2.53. The van der Waals surface area contributed by atoms with Gasteiger partial charge in [0.05, 0.1) is 7.11 Å². The van der Waals surface area contributed by atoms with Crippen LogP contribution in [0, 0.1) is 0 Å². The van der Waals surface area contributed by atoms with Gasteiger partial charge in [0.15, 0.2) is 0 Å². The molecule has 9 heteroatoms. The van der Waals surface area contributed by atoms with Gasteiger partial charge in [0, 0.05) is 47.0 Å². The molecule has 4 N–H and O–H groups in total. The Kier molecular flexibility index (Phi) is 7.52. The molecule has 37 heavy (non-hydrogen) atoms. The highest BCUT2D eigenvalue weighted by molar-refractivity contribution is 5.92. The van der Waals surface area contributed by atoms with E-state index in [1.54, 1.807) is 20.8 Å². The monoisotopic (exact) mass is 504 g/mol. The molecule has 2 atom stereocenters. The fourth-order valence-corrected chi connectivity index (χ4v) is 4.31. The number of nitrogens with one attached hydrogen (secondary N) is 4. The third-order valence-electron chi connectivity index (χ3n) is 6.01. The van der Waals surface area contributed by atoms with Gasteiger partial charge in [-0.05, 0) is 44.0 Å². The zero-order valence-electron chi connectivity index (χ0n) is 21.4. The predicted molar refractivity (Wildman–Crippen MR) is 141 cm³/mol. The van der Waals surface area contributed by atoms with E-state index < -0.39 is 35.7 Å². The fraction of sp³-hybridized carbons (Fsp3) is 0.321. The Balaban J connectivity index is 1.58. The molecule has 194 valence electrons. The van der Waals surface area contributed by atoms with Crippen molar-refractivity contribution in [3.8, 4) is 0 Å². The zero-order valence-corrected chi connectivity index (χ0v) is 21.4. The van der Waals surface area contributed by atoms with Gasteiger partial charge in [0.1, 0.15) is 17.7 Å². The van der Waals surface area contributed by atoms with Crippen molar-refractivity contribution in [1.82, 2.24) is 20.6 Å². The van der Waals surface area contributed by atoms with Gasteiger partial charge < -0.3 is 30.1 Å². The lowest BCUT2D eigenvalue weighted by atomic mass is 10.0. The minimum atomic E-state index is -0.996. The average Bonchev–Trinajstić information content (AvgIpc) is 3.46. The first kappa shape index (κ1) is 25.8. The Bertz CT molecular complexity index is 1410. The van der Waals surface area contributed by atoms with Crippen molar-refractivity contribution in [2.75, 3.05) is 7.11 Å². The molecule has 4 aromatic rings. The SMILES string of the molecule is COC(=O)[C@@H](Cc1c[nH]c2ccccc12)NC(=O)[C@H](Cc1c[nH]c2ccccc12)NC(=O)OC(C)(C)C. The number of aromatic nitrogens is 2. The maximum atomic E-state index is 13.5. The Labute approximate surface area is 214 Å². The number of esters is 1. The molecule has 2 aromatic heterocycles. The molecule has 4 rings (SSSR count). The quantitative estimate of drug-likeness (QED) is 0.270. The van der Waals surface area contributed by atoms with E-state index >= 15 is 0 Å². The lowest BCUT2D eigenvalue weighted by Gasteiger charge is -2.25. The van der Waals surface area contributed by atoms with Gasteiger partial charge in [-0.25, -0.2) is 9.59 Å². The summed E-state index contributed by atoms with van der Waals surface area (Å²) < 4.78 is 10.4. The standard InChI is InChI=1S/C28H32N4O5/c1-28(2,3)37-27(35)32-23(13-17-15-29-21-11-7-5-9-19(17)21)25(33)31-24(26(34)36-4)14-18-16-30-22-12-8-6-10-20(18)22/h5-12,15-16,23-24,29-30H,13-14H2,1-4H3,(H,31,33)(H,32,35)/t23-,24+/m0/s1. The van der Waals surface area contributed by atoms with Crippen LogP contribution in [0.3, 0.4) is 0 Å². The molecule has 2 aromatic carbocycles. The molecule has 0 aliphatic carbocycles. The third kappa shape index (κ3) is 6.30. The van der Waals surface area contributed by atoms with Crippen molar-refractivity contribution in [2.24, 2.45) is 0 Å². The molecule has 0 aliphatic rings. The van der Waals surface area contributed by atoms with Crippen LogP contribution in [0.5, 0.6) is 0 Å². The minimum absolute atomic E-state index is 0.191. The van der Waals surface area contributed by atoms with Crippen LogP contribution in [0.15, 0.2) is 60.9 Å². The molecule has 0 fully saturated rings. The summed E-state index contributed by atoms with van der Waals surface area (Å²) in [6.07, 6.45) is 3.31. The summed E-state index contributed by atoms with van der Waals surface area (Å²) in [6.45, 7) is 5.24. The smallest absolute Gasteiger partial charge is 0.408 e. The fourth-order valence-electron chi connectivity index (χ4n) is 4.31.